The molecule has 14 heteroatoms. The van der Waals surface area contributed by atoms with Crippen LogP contribution in [0.4, 0.5) is 13.2 Å². The van der Waals surface area contributed by atoms with Crippen LogP contribution in [0.2, 0.25) is 0 Å². The van der Waals surface area contributed by atoms with Crippen molar-refractivity contribution < 1.29 is 39.5 Å². The van der Waals surface area contributed by atoms with Gasteiger partial charge in [0.1, 0.15) is 6.54 Å². The van der Waals surface area contributed by atoms with Crippen LogP contribution in [-0.4, -0.2) is 50.5 Å². The van der Waals surface area contributed by atoms with Crippen LogP contribution in [0.15, 0.2) is 63.3 Å². The molecule has 9 nitrogen and oxygen atoms in total. The minimum absolute atomic E-state index is 0.166. The Balaban J connectivity index is 1.76. The molecule has 0 fully saturated rings. The number of carbonyl (C=O) groups is 1. The Morgan fingerprint density at radius 3 is 2.35 bits per heavy atom. The van der Waals surface area contributed by atoms with Crippen molar-refractivity contribution in [3.05, 3.63) is 71.0 Å². The van der Waals surface area contributed by atoms with E-state index < -0.39 is 53.4 Å². The minimum Gasteiger partial charge on any atom is -0.465 e. The maximum atomic E-state index is 13.8. The molecule has 0 aliphatic heterocycles. The molecule has 1 aliphatic carbocycles. The maximum absolute atomic E-state index is 13.8. The van der Waals surface area contributed by atoms with E-state index in [1.165, 1.54) is 42.2 Å². The highest BCUT2D eigenvalue weighted by atomic mass is 32.2. The number of halogens is 3. The smallest absolute Gasteiger partial charge is 0.416 e. The Morgan fingerprint density at radius 2 is 1.73 bits per heavy atom. The lowest BCUT2D eigenvalue weighted by Crippen LogP contribution is -2.34. The second-order valence-electron chi connectivity index (χ2n) is 9.45. The fourth-order valence-corrected chi connectivity index (χ4v) is 7.51. The third-order valence-electron chi connectivity index (χ3n) is 6.78. The van der Waals surface area contributed by atoms with E-state index in [0.29, 0.717) is 42.7 Å². The average molecular weight is 600 g/mol. The van der Waals surface area contributed by atoms with Crippen LogP contribution in [0.5, 0.6) is 0 Å². The number of rotatable bonds is 8. The normalized spacial score (nSPS) is 16.1. The zero-order valence-electron chi connectivity index (χ0n) is 22.0. The van der Waals surface area contributed by atoms with Crippen molar-refractivity contribution in [3.8, 4) is 0 Å². The monoisotopic (exact) mass is 599 g/mol. The van der Waals surface area contributed by atoms with Crippen molar-refractivity contribution in [2.45, 2.75) is 66.6 Å². The molecular weight excluding hydrogens is 571 g/mol. The van der Waals surface area contributed by atoms with Crippen molar-refractivity contribution in [2.75, 3.05) is 13.7 Å². The maximum Gasteiger partial charge on any atom is 0.416 e. The SMILES string of the molecule is CCOC(=O)Cn1ncc2c1CCCC2N(C)S(=O)(=O)c1cc(C(F)(F)F)cc(S(=O)(=O)c2ccc(C)cc2)c1. The molecule has 4 rings (SSSR count). The summed E-state index contributed by atoms with van der Waals surface area (Å²) in [5.41, 5.74) is 0.476. The molecule has 0 saturated heterocycles. The number of carbonyl (C=O) groups excluding carboxylic acids is 1. The number of ether oxygens (including phenoxy) is 1. The molecule has 0 bridgehead atoms. The number of aryl methyl sites for hydroxylation is 1. The molecule has 0 radical (unpaired) electrons. The van der Waals surface area contributed by atoms with Gasteiger partial charge in [-0.3, -0.25) is 9.48 Å². The summed E-state index contributed by atoms with van der Waals surface area (Å²) >= 11 is 0. The van der Waals surface area contributed by atoms with Crippen LogP contribution >= 0.6 is 0 Å². The highest BCUT2D eigenvalue weighted by molar-refractivity contribution is 7.91. The summed E-state index contributed by atoms with van der Waals surface area (Å²) in [5.74, 6) is -0.511. The van der Waals surface area contributed by atoms with E-state index >= 15 is 0 Å². The molecule has 0 N–H and O–H groups in total. The number of hydrogen-bond donors (Lipinski definition) is 0. The predicted octanol–water partition coefficient (Wildman–Crippen LogP) is 4.30. The van der Waals surface area contributed by atoms with Gasteiger partial charge < -0.3 is 4.74 Å². The lowest BCUT2D eigenvalue weighted by Gasteiger charge is -2.31. The predicted molar refractivity (Wildman–Crippen MR) is 138 cm³/mol. The van der Waals surface area contributed by atoms with Crippen molar-refractivity contribution >= 4 is 25.8 Å². The first-order valence-electron chi connectivity index (χ1n) is 12.4. The minimum atomic E-state index is -5.01. The quantitative estimate of drug-likeness (QED) is 0.355. The van der Waals surface area contributed by atoms with Crippen molar-refractivity contribution in [1.29, 1.82) is 0 Å². The number of sulfone groups is 1. The zero-order chi connectivity index (χ0) is 29.5. The van der Waals surface area contributed by atoms with Crippen LogP contribution in [-0.2, 0) is 48.5 Å². The third-order valence-corrected chi connectivity index (χ3v) is 10.4. The van der Waals surface area contributed by atoms with Gasteiger partial charge in [0, 0.05) is 18.3 Å². The highest BCUT2D eigenvalue weighted by Crippen LogP contribution is 2.39. The number of fused-ring (bicyclic) bond motifs is 1. The number of alkyl halides is 3. The number of sulfonamides is 1. The Morgan fingerprint density at radius 1 is 1.07 bits per heavy atom. The summed E-state index contributed by atoms with van der Waals surface area (Å²) in [4.78, 5) is 10.1. The van der Waals surface area contributed by atoms with Gasteiger partial charge in [0.2, 0.25) is 19.9 Å². The van der Waals surface area contributed by atoms with Crippen LogP contribution < -0.4 is 0 Å². The van der Waals surface area contributed by atoms with E-state index in [-0.39, 0.29) is 18.0 Å². The molecule has 2 aromatic carbocycles. The van der Waals surface area contributed by atoms with Crippen LogP contribution in [0.25, 0.3) is 0 Å². The number of hydrogen-bond acceptors (Lipinski definition) is 7. The van der Waals surface area contributed by atoms with Crippen molar-refractivity contribution in [2.24, 2.45) is 0 Å². The van der Waals surface area contributed by atoms with Crippen LogP contribution in [0.3, 0.4) is 0 Å². The Labute approximate surface area is 230 Å². The Kier molecular flexibility index (Phi) is 8.16. The molecule has 1 heterocycles. The van der Waals surface area contributed by atoms with Crippen molar-refractivity contribution in [3.63, 3.8) is 0 Å². The summed E-state index contributed by atoms with van der Waals surface area (Å²) in [5, 5.41) is 4.21. The summed E-state index contributed by atoms with van der Waals surface area (Å²) in [6, 6.07) is 6.33. The number of esters is 1. The number of aromatic nitrogens is 2. The molecule has 3 aromatic rings. The topological polar surface area (TPSA) is 116 Å². The highest BCUT2D eigenvalue weighted by Gasteiger charge is 2.38. The molecule has 0 saturated carbocycles. The van der Waals surface area contributed by atoms with Gasteiger partial charge in [-0.05, 0) is 63.4 Å². The van der Waals surface area contributed by atoms with E-state index in [0.717, 1.165) is 15.9 Å². The molecule has 0 amide bonds. The third kappa shape index (κ3) is 5.79. The first-order chi connectivity index (χ1) is 18.7. The molecule has 1 aliphatic rings. The summed E-state index contributed by atoms with van der Waals surface area (Å²) in [6.07, 6.45) is -2.18. The van der Waals surface area contributed by atoms with Crippen molar-refractivity contribution in [1.82, 2.24) is 14.1 Å². The fraction of sp³-hybridized carbons (Fsp3) is 0.385. The van der Waals surface area contributed by atoms with Gasteiger partial charge in [-0.2, -0.15) is 22.6 Å². The van der Waals surface area contributed by atoms with E-state index in [2.05, 4.69) is 5.10 Å². The lowest BCUT2D eigenvalue weighted by molar-refractivity contribution is -0.144. The van der Waals surface area contributed by atoms with E-state index in [1.54, 1.807) is 13.8 Å². The van der Waals surface area contributed by atoms with E-state index in [4.69, 9.17) is 4.74 Å². The van der Waals surface area contributed by atoms with Gasteiger partial charge in [-0.15, -0.1) is 0 Å². The molecular formula is C26H28F3N3O6S2. The van der Waals surface area contributed by atoms with Gasteiger partial charge >= 0.3 is 12.1 Å². The summed E-state index contributed by atoms with van der Waals surface area (Å²) < 4.78 is 103. The van der Waals surface area contributed by atoms with Crippen LogP contribution in [0, 0.1) is 6.92 Å². The largest absolute Gasteiger partial charge is 0.465 e. The number of benzene rings is 2. The summed E-state index contributed by atoms with van der Waals surface area (Å²) in [7, 11) is -7.86. The van der Waals surface area contributed by atoms with E-state index in [1.807, 2.05) is 0 Å². The second-order valence-corrected chi connectivity index (χ2v) is 13.4. The first kappa shape index (κ1) is 29.7. The average Bonchev–Trinajstić information content (AvgIpc) is 3.30. The fourth-order valence-electron chi connectivity index (χ4n) is 4.66. The molecule has 1 aromatic heterocycles. The Bertz CT molecular complexity index is 1630. The summed E-state index contributed by atoms with van der Waals surface area (Å²) in [6.45, 7) is 3.40. The molecule has 1 unspecified atom stereocenters. The molecule has 40 heavy (non-hydrogen) atoms. The van der Waals surface area contributed by atoms with Gasteiger partial charge in [0.05, 0.1) is 39.1 Å². The number of nitrogens with zero attached hydrogens (tertiary/aromatic N) is 3. The zero-order valence-corrected chi connectivity index (χ0v) is 23.6. The second kappa shape index (κ2) is 11.0. The molecule has 1 atom stereocenters. The van der Waals surface area contributed by atoms with Gasteiger partial charge in [-0.25, -0.2) is 16.8 Å². The Hall–Kier alpha value is -3.23. The van der Waals surface area contributed by atoms with Gasteiger partial charge in [0.25, 0.3) is 0 Å². The molecule has 216 valence electrons. The lowest BCUT2D eigenvalue weighted by atomic mass is 9.93. The van der Waals surface area contributed by atoms with E-state index in [9.17, 15) is 34.8 Å². The molecule has 0 spiro atoms. The first-order valence-corrected chi connectivity index (χ1v) is 15.3. The van der Waals surface area contributed by atoms with Crippen LogP contribution in [0.1, 0.15) is 48.2 Å². The van der Waals surface area contributed by atoms with Gasteiger partial charge in [0.15, 0.2) is 0 Å². The standard InChI is InChI=1S/C26H28F3N3O6S2/c1-4-38-25(33)16-32-24-7-5-6-23(22(24)15-30-32)31(3)40(36,37)21-13-18(26(27,28)29)12-20(14-21)39(34,35)19-10-8-17(2)9-11-19/h8-15,23H,4-7,16H2,1-3H3. The van der Waals surface area contributed by atoms with Gasteiger partial charge in [-0.1, -0.05) is 17.7 Å².